The van der Waals surface area contributed by atoms with Gasteiger partial charge in [0.15, 0.2) is 0 Å². The van der Waals surface area contributed by atoms with Gasteiger partial charge in [0.05, 0.1) is 30.2 Å². The van der Waals surface area contributed by atoms with E-state index in [-0.39, 0.29) is 17.9 Å². The zero-order valence-corrected chi connectivity index (χ0v) is 22.8. The Morgan fingerprint density at radius 1 is 0.784 bits per heavy atom. The third kappa shape index (κ3) is 11.9. The Hall–Kier alpha value is -2.72. The summed E-state index contributed by atoms with van der Waals surface area (Å²) in [5.41, 5.74) is 5.86. The molecule has 0 saturated heterocycles. The number of rotatable bonds is 8. The first-order valence-corrected chi connectivity index (χ1v) is 13.8. The number of carboxylic acid groups (broad SMARTS) is 1. The van der Waals surface area contributed by atoms with Crippen LogP contribution in [0.1, 0.15) is 97.8 Å². The molecule has 0 heterocycles. The van der Waals surface area contributed by atoms with Crippen molar-refractivity contribution in [3.8, 4) is 18.2 Å². The summed E-state index contributed by atoms with van der Waals surface area (Å²) in [5.74, 6) is 2.33. The fourth-order valence-corrected chi connectivity index (χ4v) is 6.25. The van der Waals surface area contributed by atoms with E-state index in [1.165, 1.54) is 6.42 Å². The van der Waals surface area contributed by atoms with Crippen molar-refractivity contribution < 1.29 is 14.7 Å². The predicted octanol–water partition coefficient (Wildman–Crippen LogP) is 5.74. The van der Waals surface area contributed by atoms with Gasteiger partial charge >= 0.3 is 5.97 Å². The number of hydrogen-bond acceptors (Lipinski definition) is 7. The zero-order valence-electron chi connectivity index (χ0n) is 22.8. The molecule has 3 saturated carbocycles. The Labute approximate surface area is 222 Å². The molecule has 204 valence electrons. The van der Waals surface area contributed by atoms with Gasteiger partial charge in [-0.15, -0.1) is 0 Å². The Kier molecular flexibility index (Phi) is 15.4. The summed E-state index contributed by atoms with van der Waals surface area (Å²) < 4.78 is 0. The minimum atomic E-state index is -0.674. The Balaban J connectivity index is 0.000000279. The van der Waals surface area contributed by atoms with Gasteiger partial charge < -0.3 is 10.8 Å². The van der Waals surface area contributed by atoms with E-state index in [9.17, 15) is 9.59 Å². The largest absolute Gasteiger partial charge is 0.481 e. The maximum atomic E-state index is 10.8. The Morgan fingerprint density at radius 2 is 1.24 bits per heavy atom. The minimum Gasteiger partial charge on any atom is -0.481 e. The molecule has 0 bridgehead atoms. The molecule has 9 unspecified atom stereocenters. The van der Waals surface area contributed by atoms with Gasteiger partial charge in [-0.25, -0.2) is 9.79 Å². The standard InChI is InChI=1S/C10H14N2O.C10H15NO2.C9H16N2/c1-8-5-9(3-2-4-11)6-10(8)12-7-13;1-7-5-8(3-2-4-11)6-9(7)10(12)13;1-7-5-8(3-2-4-10)6-9(7)11/h8-10H,2-3,5-6H2,1H3;7-9H,2-3,5-6H2,1H3,(H,12,13);7-9H,2-3,5-6,11H2,1H3. The Morgan fingerprint density at radius 3 is 1.65 bits per heavy atom. The Bertz CT molecular complexity index is 818. The van der Waals surface area contributed by atoms with Crippen LogP contribution in [0.15, 0.2) is 4.99 Å². The smallest absolute Gasteiger partial charge is 0.306 e. The molecule has 0 aromatic carbocycles. The zero-order chi connectivity index (χ0) is 27.8. The molecule has 8 heteroatoms. The number of carbonyl (C=O) groups is 1. The van der Waals surface area contributed by atoms with Crippen molar-refractivity contribution in [2.75, 3.05) is 0 Å². The first-order chi connectivity index (χ1) is 17.7. The van der Waals surface area contributed by atoms with E-state index in [1.807, 2.05) is 6.92 Å². The number of nitrogens with two attached hydrogens (primary N) is 1. The number of nitrogens with zero attached hydrogens (tertiary/aromatic N) is 4. The summed E-state index contributed by atoms with van der Waals surface area (Å²) in [6.45, 7) is 6.31. The second-order valence-corrected chi connectivity index (χ2v) is 11.4. The van der Waals surface area contributed by atoms with Crippen LogP contribution in [0.25, 0.3) is 0 Å². The van der Waals surface area contributed by atoms with E-state index < -0.39 is 5.97 Å². The van der Waals surface area contributed by atoms with Crippen molar-refractivity contribution in [2.24, 2.45) is 52.2 Å². The lowest BCUT2D eigenvalue weighted by Gasteiger charge is -2.07. The highest BCUT2D eigenvalue weighted by Crippen LogP contribution is 2.38. The number of isocyanates is 1. The molecule has 0 aliphatic heterocycles. The van der Waals surface area contributed by atoms with Crippen LogP contribution in [0.5, 0.6) is 0 Å². The highest BCUT2D eigenvalue weighted by Gasteiger charge is 2.35. The summed E-state index contributed by atoms with van der Waals surface area (Å²) in [7, 11) is 0. The van der Waals surface area contributed by atoms with Crippen LogP contribution < -0.4 is 5.73 Å². The minimum absolute atomic E-state index is 0.154. The number of carbonyl (C=O) groups excluding carboxylic acids is 1. The molecule has 8 nitrogen and oxygen atoms in total. The van der Waals surface area contributed by atoms with Gasteiger partial charge in [-0.3, -0.25) is 4.79 Å². The third-order valence-electron chi connectivity index (χ3n) is 8.49. The monoisotopic (exact) mass is 511 g/mol. The van der Waals surface area contributed by atoms with Crippen LogP contribution in [0, 0.1) is 75.4 Å². The lowest BCUT2D eigenvalue weighted by atomic mass is 9.99. The molecular formula is C29H45N5O3. The first kappa shape index (κ1) is 32.3. The van der Waals surface area contributed by atoms with Crippen molar-refractivity contribution >= 4 is 12.0 Å². The first-order valence-electron chi connectivity index (χ1n) is 13.8. The summed E-state index contributed by atoms with van der Waals surface area (Å²) >= 11 is 0. The number of aliphatic carboxylic acids is 1. The van der Waals surface area contributed by atoms with Gasteiger partial charge in [0.1, 0.15) is 0 Å². The van der Waals surface area contributed by atoms with E-state index in [0.29, 0.717) is 49.0 Å². The second kappa shape index (κ2) is 17.7. The van der Waals surface area contributed by atoms with E-state index in [0.717, 1.165) is 57.3 Å². The SMILES string of the molecule is CC1CC(CCC#N)CC1C(=O)O.CC1CC(CCC#N)CC1N.CC1CC(CCC#N)CC1N=C=O. The van der Waals surface area contributed by atoms with Gasteiger partial charge in [0, 0.05) is 25.3 Å². The van der Waals surface area contributed by atoms with Crippen molar-refractivity contribution in [2.45, 2.75) is 110 Å². The van der Waals surface area contributed by atoms with Crippen molar-refractivity contribution in [3.05, 3.63) is 0 Å². The lowest BCUT2D eigenvalue weighted by molar-refractivity contribution is -0.142. The topological polar surface area (TPSA) is 164 Å². The van der Waals surface area contributed by atoms with E-state index >= 15 is 0 Å². The molecule has 37 heavy (non-hydrogen) atoms. The quantitative estimate of drug-likeness (QED) is 0.309. The summed E-state index contributed by atoms with van der Waals surface area (Å²) in [6.07, 6.45) is 12.5. The average molecular weight is 512 g/mol. The maximum Gasteiger partial charge on any atom is 0.306 e. The molecule has 3 fully saturated rings. The number of aliphatic imine (C=N–C) groups is 1. The molecule has 3 aliphatic rings. The van der Waals surface area contributed by atoms with Gasteiger partial charge in [0.2, 0.25) is 6.08 Å². The van der Waals surface area contributed by atoms with Crippen LogP contribution in [0.3, 0.4) is 0 Å². The molecule has 0 amide bonds. The van der Waals surface area contributed by atoms with E-state index in [4.69, 9.17) is 26.6 Å². The van der Waals surface area contributed by atoms with E-state index in [1.54, 1.807) is 6.08 Å². The molecule has 0 radical (unpaired) electrons. The average Bonchev–Trinajstić information content (AvgIpc) is 3.52. The van der Waals surface area contributed by atoms with Gasteiger partial charge in [0.25, 0.3) is 0 Å². The van der Waals surface area contributed by atoms with Crippen LogP contribution in [0.2, 0.25) is 0 Å². The number of nitriles is 3. The van der Waals surface area contributed by atoms with Gasteiger partial charge in [-0.2, -0.15) is 15.8 Å². The van der Waals surface area contributed by atoms with Crippen LogP contribution in [-0.2, 0) is 9.59 Å². The van der Waals surface area contributed by atoms with Crippen molar-refractivity contribution in [1.29, 1.82) is 15.8 Å². The van der Waals surface area contributed by atoms with Crippen LogP contribution in [-0.4, -0.2) is 29.2 Å². The summed E-state index contributed by atoms with van der Waals surface area (Å²) in [5, 5.41) is 34.1. The molecular weight excluding hydrogens is 466 g/mol. The summed E-state index contributed by atoms with van der Waals surface area (Å²) in [4.78, 5) is 24.6. The fraction of sp³-hybridized carbons (Fsp3) is 0.828. The molecule has 9 atom stereocenters. The second-order valence-electron chi connectivity index (χ2n) is 11.4. The molecule has 0 aromatic heterocycles. The van der Waals surface area contributed by atoms with Gasteiger partial charge in [-0.1, -0.05) is 20.8 Å². The number of carboxylic acids is 1. The normalized spacial score (nSPS) is 33.8. The molecule has 0 aromatic rings. The van der Waals surface area contributed by atoms with Gasteiger partial charge in [-0.05, 0) is 93.3 Å². The molecule has 3 rings (SSSR count). The fourth-order valence-electron chi connectivity index (χ4n) is 6.25. The molecule has 3 N–H and O–H groups in total. The number of hydrogen-bond donors (Lipinski definition) is 2. The van der Waals surface area contributed by atoms with Crippen LogP contribution >= 0.6 is 0 Å². The van der Waals surface area contributed by atoms with Crippen molar-refractivity contribution in [1.82, 2.24) is 0 Å². The highest BCUT2D eigenvalue weighted by molar-refractivity contribution is 5.70. The maximum absolute atomic E-state index is 10.8. The third-order valence-corrected chi connectivity index (χ3v) is 8.49. The lowest BCUT2D eigenvalue weighted by Crippen LogP contribution is -2.21. The van der Waals surface area contributed by atoms with Crippen molar-refractivity contribution in [3.63, 3.8) is 0 Å². The van der Waals surface area contributed by atoms with E-state index in [2.05, 4.69) is 37.0 Å². The molecule has 0 spiro atoms. The molecule has 3 aliphatic carbocycles. The predicted molar refractivity (Wildman–Crippen MR) is 141 cm³/mol. The van der Waals surface area contributed by atoms with Crippen LogP contribution in [0.4, 0.5) is 0 Å². The summed E-state index contributed by atoms with van der Waals surface area (Å²) in [6, 6.07) is 6.98. The highest BCUT2D eigenvalue weighted by atomic mass is 16.4.